The Morgan fingerprint density at radius 2 is 1.65 bits per heavy atom. The van der Waals surface area contributed by atoms with E-state index in [4.69, 9.17) is 23.2 Å². The van der Waals surface area contributed by atoms with Gasteiger partial charge in [-0.3, -0.25) is 9.36 Å². The van der Waals surface area contributed by atoms with Crippen molar-refractivity contribution in [1.29, 1.82) is 0 Å². The molecule has 5 nitrogen and oxygen atoms in total. The molecule has 8 heteroatoms. The number of carbonyl (C=O) groups excluding carboxylic acids is 1. The normalized spacial score (nSPS) is 11.5. The molecule has 0 fully saturated rings. The van der Waals surface area contributed by atoms with Gasteiger partial charge in [0.2, 0.25) is 0 Å². The maximum absolute atomic E-state index is 11.9. The second-order valence-corrected chi connectivity index (χ2v) is 9.75. The summed E-state index contributed by atoms with van der Waals surface area (Å²) in [6.45, 7) is 0. The first kappa shape index (κ1) is 21.3. The van der Waals surface area contributed by atoms with Crippen molar-refractivity contribution >= 4 is 39.3 Å². The van der Waals surface area contributed by atoms with Gasteiger partial charge < -0.3 is 0 Å². The lowest BCUT2D eigenvalue weighted by molar-refractivity contribution is 0.111. The molecule has 0 spiro atoms. The average molecular weight is 471 g/mol. The van der Waals surface area contributed by atoms with E-state index in [-0.39, 0.29) is 10.6 Å². The third-order valence-electron chi connectivity index (χ3n) is 4.76. The zero-order valence-electron chi connectivity index (χ0n) is 16.3. The van der Waals surface area contributed by atoms with Crippen LogP contribution in [0.5, 0.6) is 0 Å². The highest BCUT2D eigenvalue weighted by molar-refractivity contribution is 7.90. The molecule has 0 aliphatic heterocycles. The second-order valence-electron chi connectivity index (χ2n) is 6.92. The molecular formula is C23H16Cl2N2O3S. The number of nitrogens with zero attached hydrogens (tertiary/aromatic N) is 2. The Morgan fingerprint density at radius 1 is 0.903 bits per heavy atom. The van der Waals surface area contributed by atoms with Gasteiger partial charge in [0.15, 0.2) is 16.1 Å². The molecule has 0 unspecified atom stereocenters. The van der Waals surface area contributed by atoms with Crippen LogP contribution < -0.4 is 0 Å². The molecule has 31 heavy (non-hydrogen) atoms. The van der Waals surface area contributed by atoms with Crippen molar-refractivity contribution < 1.29 is 13.2 Å². The summed E-state index contributed by atoms with van der Waals surface area (Å²) in [6, 6.07) is 19.2. The lowest BCUT2D eigenvalue weighted by Crippen LogP contribution is -1.99. The Kier molecular flexibility index (Phi) is 5.71. The molecule has 3 aromatic carbocycles. The van der Waals surface area contributed by atoms with E-state index in [2.05, 4.69) is 4.98 Å². The fourth-order valence-corrected chi connectivity index (χ4v) is 4.42. The van der Waals surface area contributed by atoms with E-state index < -0.39 is 9.84 Å². The van der Waals surface area contributed by atoms with E-state index >= 15 is 0 Å². The summed E-state index contributed by atoms with van der Waals surface area (Å²) < 4.78 is 25.5. The lowest BCUT2D eigenvalue weighted by Gasteiger charge is -2.12. The van der Waals surface area contributed by atoms with Gasteiger partial charge >= 0.3 is 0 Å². The van der Waals surface area contributed by atoms with Gasteiger partial charge in [-0.2, -0.15) is 0 Å². The molecule has 0 radical (unpaired) electrons. The van der Waals surface area contributed by atoms with Crippen LogP contribution in [0.15, 0.2) is 77.8 Å². The van der Waals surface area contributed by atoms with Gasteiger partial charge in [-0.05, 0) is 47.5 Å². The van der Waals surface area contributed by atoms with E-state index in [1.807, 2.05) is 30.3 Å². The smallest absolute Gasteiger partial charge is 0.175 e. The molecule has 156 valence electrons. The Bertz CT molecular complexity index is 1410. The first-order chi connectivity index (χ1) is 14.8. The average Bonchev–Trinajstić information content (AvgIpc) is 3.17. The van der Waals surface area contributed by atoms with Crippen LogP contribution in [0.25, 0.3) is 28.2 Å². The van der Waals surface area contributed by atoms with Crippen LogP contribution in [-0.4, -0.2) is 30.5 Å². The zero-order valence-corrected chi connectivity index (χ0v) is 18.6. The van der Waals surface area contributed by atoms with Gasteiger partial charge in [0.1, 0.15) is 11.5 Å². The Balaban J connectivity index is 1.83. The summed E-state index contributed by atoms with van der Waals surface area (Å²) in [5.41, 5.74) is 3.01. The standard InChI is InChI=1S/C23H16Cl2N2O3S/c1-31(29,30)18-6-4-5-15(11-18)16-9-10-22(21(25)12-16)27-13-17(14-28)26-23(27)19-7-2-3-8-20(19)24/h2-14H,1H3. The molecule has 0 saturated carbocycles. The maximum atomic E-state index is 11.9. The summed E-state index contributed by atoms with van der Waals surface area (Å²) in [6.07, 6.45) is 3.43. The molecule has 0 saturated heterocycles. The molecule has 0 amide bonds. The van der Waals surface area contributed by atoms with Gasteiger partial charge in [0, 0.05) is 18.0 Å². The van der Waals surface area contributed by atoms with Crippen molar-refractivity contribution in [1.82, 2.24) is 9.55 Å². The van der Waals surface area contributed by atoms with Gasteiger partial charge in [0.05, 0.1) is 20.6 Å². The van der Waals surface area contributed by atoms with Crippen molar-refractivity contribution in [3.63, 3.8) is 0 Å². The largest absolute Gasteiger partial charge is 0.297 e. The Morgan fingerprint density at radius 3 is 2.32 bits per heavy atom. The quantitative estimate of drug-likeness (QED) is 0.349. The van der Waals surface area contributed by atoms with Gasteiger partial charge in [-0.15, -0.1) is 0 Å². The van der Waals surface area contributed by atoms with Crippen LogP contribution in [-0.2, 0) is 9.84 Å². The van der Waals surface area contributed by atoms with E-state index in [0.717, 1.165) is 11.1 Å². The maximum Gasteiger partial charge on any atom is 0.175 e. The third kappa shape index (κ3) is 4.28. The lowest BCUT2D eigenvalue weighted by atomic mass is 10.1. The van der Waals surface area contributed by atoms with E-state index in [0.29, 0.717) is 33.4 Å². The number of sulfone groups is 1. The molecule has 0 aliphatic rings. The van der Waals surface area contributed by atoms with Crippen molar-refractivity contribution in [3.8, 4) is 28.2 Å². The topological polar surface area (TPSA) is 69.0 Å². The van der Waals surface area contributed by atoms with Crippen molar-refractivity contribution in [2.45, 2.75) is 4.90 Å². The predicted molar refractivity (Wildman–Crippen MR) is 123 cm³/mol. The fourth-order valence-electron chi connectivity index (χ4n) is 3.26. The number of imidazole rings is 1. The molecule has 0 N–H and O–H groups in total. The SMILES string of the molecule is CS(=O)(=O)c1cccc(-c2ccc(-n3cc(C=O)nc3-c3ccccc3Cl)c(Cl)c2)c1. The number of halogens is 2. The number of aromatic nitrogens is 2. The fraction of sp³-hybridized carbons (Fsp3) is 0.0435. The zero-order chi connectivity index (χ0) is 22.2. The number of rotatable bonds is 5. The summed E-state index contributed by atoms with van der Waals surface area (Å²) in [4.78, 5) is 16.0. The van der Waals surface area contributed by atoms with Crippen molar-refractivity contribution in [2.75, 3.05) is 6.26 Å². The first-order valence-corrected chi connectivity index (χ1v) is 11.8. The number of hydrogen-bond donors (Lipinski definition) is 0. The van der Waals surface area contributed by atoms with Crippen LogP contribution in [0.4, 0.5) is 0 Å². The highest BCUT2D eigenvalue weighted by Crippen LogP contribution is 2.34. The minimum atomic E-state index is -3.33. The summed E-state index contributed by atoms with van der Waals surface area (Å²) in [5.74, 6) is 0.487. The molecule has 4 rings (SSSR count). The summed E-state index contributed by atoms with van der Waals surface area (Å²) in [7, 11) is -3.33. The Labute approximate surface area is 189 Å². The molecular weight excluding hydrogens is 455 g/mol. The van der Waals surface area contributed by atoms with Crippen LogP contribution in [0.1, 0.15) is 10.5 Å². The van der Waals surface area contributed by atoms with E-state index in [1.165, 1.54) is 6.26 Å². The second kappa shape index (κ2) is 8.30. The molecule has 0 bridgehead atoms. The van der Waals surface area contributed by atoms with Crippen LogP contribution in [0.3, 0.4) is 0 Å². The van der Waals surface area contributed by atoms with Crippen LogP contribution in [0.2, 0.25) is 10.0 Å². The monoisotopic (exact) mass is 470 g/mol. The van der Waals surface area contributed by atoms with E-state index in [1.54, 1.807) is 47.2 Å². The third-order valence-corrected chi connectivity index (χ3v) is 6.51. The number of hydrogen-bond acceptors (Lipinski definition) is 4. The number of aldehydes is 1. The molecule has 1 heterocycles. The van der Waals surface area contributed by atoms with Crippen LogP contribution >= 0.6 is 23.2 Å². The molecule has 4 aromatic rings. The van der Waals surface area contributed by atoms with Gasteiger partial charge in [-0.25, -0.2) is 13.4 Å². The van der Waals surface area contributed by atoms with Gasteiger partial charge in [-0.1, -0.05) is 53.5 Å². The Hall–Kier alpha value is -2.93. The molecule has 0 atom stereocenters. The summed E-state index contributed by atoms with van der Waals surface area (Å²) >= 11 is 13.0. The molecule has 0 aliphatic carbocycles. The highest BCUT2D eigenvalue weighted by Gasteiger charge is 2.17. The number of carbonyl (C=O) groups is 1. The van der Waals surface area contributed by atoms with E-state index in [9.17, 15) is 13.2 Å². The van der Waals surface area contributed by atoms with Crippen molar-refractivity contribution in [2.24, 2.45) is 0 Å². The predicted octanol–water partition coefficient (Wildman–Crippen LogP) is 5.73. The van der Waals surface area contributed by atoms with Crippen LogP contribution in [0, 0.1) is 0 Å². The molecule has 1 aromatic heterocycles. The van der Waals surface area contributed by atoms with Gasteiger partial charge in [0.25, 0.3) is 0 Å². The first-order valence-electron chi connectivity index (χ1n) is 9.18. The minimum absolute atomic E-state index is 0.233. The highest BCUT2D eigenvalue weighted by atomic mass is 35.5. The van der Waals surface area contributed by atoms with Crippen molar-refractivity contribution in [3.05, 3.63) is 88.7 Å². The minimum Gasteiger partial charge on any atom is -0.297 e. The number of benzene rings is 3. The summed E-state index contributed by atoms with van der Waals surface area (Å²) in [5, 5.41) is 0.905.